The van der Waals surface area contributed by atoms with E-state index in [9.17, 15) is 9.90 Å². The van der Waals surface area contributed by atoms with E-state index in [0.29, 0.717) is 24.9 Å². The van der Waals surface area contributed by atoms with Crippen LogP contribution in [0.2, 0.25) is 0 Å². The highest BCUT2D eigenvalue weighted by Gasteiger charge is 2.32. The van der Waals surface area contributed by atoms with Crippen LogP contribution in [0.15, 0.2) is 43.0 Å². The van der Waals surface area contributed by atoms with Crippen molar-refractivity contribution < 1.29 is 9.90 Å². The van der Waals surface area contributed by atoms with Crippen LogP contribution >= 0.6 is 0 Å². The lowest BCUT2D eigenvalue weighted by Crippen LogP contribution is -2.43. The summed E-state index contributed by atoms with van der Waals surface area (Å²) in [6.45, 7) is 5.54. The molecule has 0 radical (unpaired) electrons. The van der Waals surface area contributed by atoms with E-state index in [4.69, 9.17) is 4.98 Å². The van der Waals surface area contributed by atoms with Crippen molar-refractivity contribution in [2.24, 2.45) is 5.92 Å². The largest absolute Gasteiger partial charge is 0.386 e. The molecular formula is C26H31N9O2. The van der Waals surface area contributed by atoms with Crippen molar-refractivity contribution in [3.05, 3.63) is 54.4 Å². The van der Waals surface area contributed by atoms with Gasteiger partial charge in [-0.1, -0.05) is 12.1 Å². The Kier molecular flexibility index (Phi) is 5.86. The van der Waals surface area contributed by atoms with Gasteiger partial charge in [-0.05, 0) is 51.2 Å². The molecule has 0 atom stereocenters. The summed E-state index contributed by atoms with van der Waals surface area (Å²) in [5, 5.41) is 27.5. The number of carbonyl (C=O) groups is 1. The second-order valence-corrected chi connectivity index (χ2v) is 10.5. The summed E-state index contributed by atoms with van der Waals surface area (Å²) in [5.41, 5.74) is 0.722. The Hall–Kier alpha value is -3.86. The van der Waals surface area contributed by atoms with Crippen LogP contribution in [-0.4, -0.2) is 63.0 Å². The van der Waals surface area contributed by atoms with E-state index in [-0.39, 0.29) is 17.9 Å². The molecule has 0 bridgehead atoms. The lowest BCUT2D eigenvalue weighted by molar-refractivity contribution is -0.138. The molecule has 1 saturated carbocycles. The summed E-state index contributed by atoms with van der Waals surface area (Å²) in [5.74, 6) is 2.32. The number of hydrogen-bond donors (Lipinski definition) is 2. The zero-order chi connectivity index (χ0) is 25.6. The Bertz CT molecular complexity index is 1430. The van der Waals surface area contributed by atoms with Gasteiger partial charge in [0, 0.05) is 42.7 Å². The molecule has 0 spiro atoms. The van der Waals surface area contributed by atoms with Crippen LogP contribution in [0.5, 0.6) is 0 Å². The molecule has 2 N–H and O–H groups in total. The zero-order valence-electron chi connectivity index (χ0n) is 21.1. The number of anilines is 1. The molecule has 1 aliphatic heterocycles. The zero-order valence-corrected chi connectivity index (χ0v) is 21.1. The average molecular weight is 502 g/mol. The molecule has 11 nitrogen and oxygen atoms in total. The third kappa shape index (κ3) is 4.55. The molecule has 3 aromatic heterocycles. The maximum atomic E-state index is 13.1. The minimum Gasteiger partial charge on any atom is -0.386 e. The molecule has 192 valence electrons. The molecule has 6 rings (SSSR count). The van der Waals surface area contributed by atoms with Crippen LogP contribution in [-0.2, 0) is 23.5 Å². The molecule has 1 aliphatic carbocycles. The van der Waals surface area contributed by atoms with E-state index in [2.05, 4.69) is 25.6 Å². The highest BCUT2D eigenvalue weighted by atomic mass is 16.3. The van der Waals surface area contributed by atoms with E-state index < -0.39 is 5.60 Å². The van der Waals surface area contributed by atoms with Gasteiger partial charge in [-0.3, -0.25) is 4.79 Å². The van der Waals surface area contributed by atoms with Crippen LogP contribution in [0.25, 0.3) is 16.7 Å². The van der Waals surface area contributed by atoms with Crippen LogP contribution < -0.4 is 5.32 Å². The van der Waals surface area contributed by atoms with Gasteiger partial charge in [0.15, 0.2) is 11.6 Å². The molecule has 0 unspecified atom stereocenters. The topological polar surface area (TPSA) is 127 Å². The summed E-state index contributed by atoms with van der Waals surface area (Å²) in [4.78, 5) is 24.2. The van der Waals surface area contributed by atoms with Crippen molar-refractivity contribution in [1.82, 2.24) is 39.4 Å². The van der Waals surface area contributed by atoms with Gasteiger partial charge >= 0.3 is 0 Å². The molecule has 1 amide bonds. The molecule has 11 heteroatoms. The summed E-state index contributed by atoms with van der Waals surface area (Å²) >= 11 is 0. The SMILES string of the molecule is CC(C)(O)c1cccc2c1cnn2-c1ccnc(N[C@H]2CC[C@H](C(=O)N3CCn4cnnc4C3)CC2)n1. The first-order chi connectivity index (χ1) is 17.9. The summed E-state index contributed by atoms with van der Waals surface area (Å²) in [6, 6.07) is 7.84. The van der Waals surface area contributed by atoms with Crippen molar-refractivity contribution in [1.29, 1.82) is 0 Å². The van der Waals surface area contributed by atoms with Gasteiger partial charge in [0.1, 0.15) is 6.33 Å². The minimum atomic E-state index is -0.973. The molecule has 2 aliphatic rings. The molecule has 1 fully saturated rings. The van der Waals surface area contributed by atoms with Gasteiger partial charge in [0.25, 0.3) is 0 Å². The van der Waals surface area contributed by atoms with Gasteiger partial charge in [0.05, 0.1) is 23.9 Å². The molecule has 4 aromatic rings. The van der Waals surface area contributed by atoms with Gasteiger partial charge < -0.3 is 19.9 Å². The highest BCUT2D eigenvalue weighted by Crippen LogP contribution is 2.30. The summed E-state index contributed by atoms with van der Waals surface area (Å²) < 4.78 is 3.78. The van der Waals surface area contributed by atoms with E-state index in [1.807, 2.05) is 33.7 Å². The molecular weight excluding hydrogens is 470 g/mol. The smallest absolute Gasteiger partial charge is 0.226 e. The molecule has 0 saturated heterocycles. The molecule has 4 heterocycles. The summed E-state index contributed by atoms with van der Waals surface area (Å²) in [6.07, 6.45) is 8.66. The number of nitrogens with one attached hydrogen (secondary N) is 1. The van der Waals surface area contributed by atoms with E-state index in [1.165, 1.54) is 0 Å². The van der Waals surface area contributed by atoms with Crippen molar-refractivity contribution in [2.75, 3.05) is 11.9 Å². The van der Waals surface area contributed by atoms with Gasteiger partial charge in [-0.2, -0.15) is 10.1 Å². The third-order valence-electron chi connectivity index (χ3n) is 7.49. The van der Waals surface area contributed by atoms with E-state index >= 15 is 0 Å². The van der Waals surface area contributed by atoms with Crippen molar-refractivity contribution in [3.8, 4) is 5.82 Å². The maximum Gasteiger partial charge on any atom is 0.226 e. The number of rotatable bonds is 5. The number of nitrogens with zero attached hydrogens (tertiary/aromatic N) is 8. The second-order valence-electron chi connectivity index (χ2n) is 10.5. The standard InChI is InChI=1S/C26H31N9O2/c1-26(2,37)20-4-3-5-21-19(20)14-29-35(21)22-10-11-27-25(31-22)30-18-8-6-17(7-9-18)24(36)33-12-13-34-16-28-32-23(34)15-33/h3-5,10-11,14,16-18,37H,6-9,12-13,15H2,1-2H3,(H,27,30,31)/t17-,18-. The normalized spacial score (nSPS) is 20.1. The molecule has 37 heavy (non-hydrogen) atoms. The fraction of sp³-hybridized carbons (Fsp3) is 0.462. The molecule has 1 aromatic carbocycles. The Morgan fingerprint density at radius 2 is 1.97 bits per heavy atom. The fourth-order valence-electron chi connectivity index (χ4n) is 5.48. The number of benzene rings is 1. The van der Waals surface area contributed by atoms with Crippen molar-refractivity contribution in [2.45, 2.75) is 64.3 Å². The highest BCUT2D eigenvalue weighted by molar-refractivity contribution is 5.84. The average Bonchev–Trinajstić information content (AvgIpc) is 3.55. The minimum absolute atomic E-state index is 0.0418. The third-order valence-corrected chi connectivity index (χ3v) is 7.49. The predicted molar refractivity (Wildman–Crippen MR) is 137 cm³/mol. The second kappa shape index (κ2) is 9.22. The number of fused-ring (bicyclic) bond motifs is 2. The first kappa shape index (κ1) is 23.5. The van der Waals surface area contributed by atoms with Crippen molar-refractivity contribution in [3.63, 3.8) is 0 Å². The Labute approximate surface area is 214 Å². The van der Waals surface area contributed by atoms with Crippen molar-refractivity contribution >= 4 is 22.8 Å². The Balaban J connectivity index is 1.11. The lowest BCUT2D eigenvalue weighted by atomic mass is 9.85. The van der Waals surface area contributed by atoms with Crippen LogP contribution in [0.3, 0.4) is 0 Å². The van der Waals surface area contributed by atoms with Gasteiger partial charge in [-0.15, -0.1) is 10.2 Å². The first-order valence-corrected chi connectivity index (χ1v) is 12.8. The first-order valence-electron chi connectivity index (χ1n) is 12.8. The summed E-state index contributed by atoms with van der Waals surface area (Å²) in [7, 11) is 0. The number of amides is 1. The predicted octanol–water partition coefficient (Wildman–Crippen LogP) is 2.65. The quantitative estimate of drug-likeness (QED) is 0.427. The monoisotopic (exact) mass is 501 g/mol. The van der Waals surface area contributed by atoms with Gasteiger partial charge in [0.2, 0.25) is 11.9 Å². The number of aromatic nitrogens is 7. The van der Waals surface area contributed by atoms with Crippen LogP contribution in [0, 0.1) is 5.92 Å². The van der Waals surface area contributed by atoms with Gasteiger partial charge in [-0.25, -0.2) is 9.67 Å². The van der Waals surface area contributed by atoms with Crippen LogP contribution in [0.1, 0.15) is 50.9 Å². The maximum absolute atomic E-state index is 13.1. The fourth-order valence-corrected chi connectivity index (χ4v) is 5.48. The number of hydrogen-bond acceptors (Lipinski definition) is 8. The number of aliphatic hydroxyl groups is 1. The number of carbonyl (C=O) groups excluding carboxylic acids is 1. The Morgan fingerprint density at radius 3 is 2.78 bits per heavy atom. The Morgan fingerprint density at radius 1 is 1.14 bits per heavy atom. The van der Waals surface area contributed by atoms with E-state index in [0.717, 1.165) is 54.5 Å². The van der Waals surface area contributed by atoms with E-state index in [1.54, 1.807) is 37.3 Å². The van der Waals surface area contributed by atoms with Crippen LogP contribution in [0.4, 0.5) is 5.95 Å². The lowest BCUT2D eigenvalue weighted by Gasteiger charge is -2.34.